The summed E-state index contributed by atoms with van der Waals surface area (Å²) in [6.07, 6.45) is 2.81. The van der Waals surface area contributed by atoms with Gasteiger partial charge in [0.05, 0.1) is 24.0 Å². The summed E-state index contributed by atoms with van der Waals surface area (Å²) in [7, 11) is 1.46. The van der Waals surface area contributed by atoms with E-state index in [1.807, 2.05) is 6.07 Å². The van der Waals surface area contributed by atoms with Gasteiger partial charge < -0.3 is 24.3 Å². The number of carbonyl (C=O) groups excluding carboxylic acids is 3. The number of hydrogen-bond donors (Lipinski definition) is 1. The zero-order valence-corrected chi connectivity index (χ0v) is 18.2. The number of carbonyl (C=O) groups is 3. The van der Waals surface area contributed by atoms with Crippen LogP contribution in [0.2, 0.25) is 0 Å². The van der Waals surface area contributed by atoms with Gasteiger partial charge in [0, 0.05) is 0 Å². The third-order valence-corrected chi connectivity index (χ3v) is 6.31. The van der Waals surface area contributed by atoms with Crippen LogP contribution in [0.15, 0.2) is 36.4 Å². The first-order valence-corrected chi connectivity index (χ1v) is 10.9. The fraction of sp³-hybridized carbons (Fsp3) is 0.375. The number of fused-ring (bicyclic) bond motifs is 2. The summed E-state index contributed by atoms with van der Waals surface area (Å²) in [6.45, 7) is 0.235. The Morgan fingerprint density at radius 1 is 1.12 bits per heavy atom. The number of esters is 1. The van der Waals surface area contributed by atoms with E-state index in [2.05, 4.69) is 5.32 Å². The molecule has 1 fully saturated rings. The molecule has 0 aromatic heterocycles. The Kier molecular flexibility index (Phi) is 5.32. The standard InChI is InChI=1S/C24H24N2O7/c1-30-18-12-15(13-19-21(18)32-11-10-31-19)22(28)33-14-20(27)26-17-7-3-2-6-16(17)25-23(29)24(26)8-4-5-9-24/h2-3,6-7,12-13H,4-5,8-11,14H2,1H3,(H,25,29). The minimum Gasteiger partial charge on any atom is -0.493 e. The van der Waals surface area contributed by atoms with E-state index in [0.29, 0.717) is 54.7 Å². The molecule has 5 rings (SSSR count). The highest BCUT2D eigenvalue weighted by Crippen LogP contribution is 2.45. The Balaban J connectivity index is 1.38. The summed E-state index contributed by atoms with van der Waals surface area (Å²) in [5.74, 6) is -0.196. The molecule has 2 aromatic rings. The van der Waals surface area contributed by atoms with Gasteiger partial charge in [0.25, 0.3) is 11.8 Å². The third kappa shape index (κ3) is 3.53. The van der Waals surface area contributed by atoms with Crippen molar-refractivity contribution >= 4 is 29.2 Å². The van der Waals surface area contributed by atoms with Crippen molar-refractivity contribution in [3.8, 4) is 17.2 Å². The first-order chi connectivity index (χ1) is 16.0. The normalized spacial score (nSPS) is 17.8. The van der Waals surface area contributed by atoms with E-state index >= 15 is 0 Å². The molecule has 9 nitrogen and oxygen atoms in total. The third-order valence-electron chi connectivity index (χ3n) is 6.31. The zero-order chi connectivity index (χ0) is 23.0. The predicted octanol–water partition coefficient (Wildman–Crippen LogP) is 2.92. The Labute approximate surface area is 190 Å². The van der Waals surface area contributed by atoms with Crippen LogP contribution >= 0.6 is 0 Å². The minimum absolute atomic E-state index is 0.177. The van der Waals surface area contributed by atoms with E-state index in [4.69, 9.17) is 18.9 Å². The van der Waals surface area contributed by atoms with Crippen LogP contribution in [0.1, 0.15) is 36.0 Å². The summed E-state index contributed by atoms with van der Waals surface area (Å²) < 4.78 is 21.8. The maximum atomic E-state index is 13.4. The van der Waals surface area contributed by atoms with Crippen LogP contribution in [0.5, 0.6) is 17.2 Å². The summed E-state index contributed by atoms with van der Waals surface area (Å²) in [6, 6.07) is 10.1. The van der Waals surface area contributed by atoms with Crippen LogP contribution in [-0.4, -0.2) is 50.3 Å². The highest BCUT2D eigenvalue weighted by atomic mass is 16.6. The van der Waals surface area contributed by atoms with E-state index in [1.165, 1.54) is 24.1 Å². The van der Waals surface area contributed by atoms with E-state index in [-0.39, 0.29) is 11.5 Å². The van der Waals surface area contributed by atoms with Gasteiger partial charge >= 0.3 is 5.97 Å². The molecule has 9 heteroatoms. The quantitative estimate of drug-likeness (QED) is 0.712. The molecule has 172 valence electrons. The number of hydrogen-bond acceptors (Lipinski definition) is 7. The predicted molar refractivity (Wildman–Crippen MR) is 118 cm³/mol. The molecule has 1 spiro atoms. The average Bonchev–Trinajstić information content (AvgIpc) is 3.32. The van der Waals surface area contributed by atoms with Crippen LogP contribution in [0, 0.1) is 0 Å². The second-order valence-corrected chi connectivity index (χ2v) is 8.22. The summed E-state index contributed by atoms with van der Waals surface area (Å²) in [5.41, 5.74) is 0.395. The van der Waals surface area contributed by atoms with E-state index < -0.39 is 24.0 Å². The first-order valence-electron chi connectivity index (χ1n) is 10.9. The van der Waals surface area contributed by atoms with Crippen LogP contribution in [0.25, 0.3) is 0 Å². The number of nitrogens with one attached hydrogen (secondary N) is 1. The fourth-order valence-electron chi connectivity index (χ4n) is 4.79. The molecule has 1 aliphatic carbocycles. The molecule has 0 saturated heterocycles. The number of nitrogens with zero attached hydrogens (tertiary/aromatic N) is 1. The first kappa shape index (κ1) is 21.1. The van der Waals surface area contributed by atoms with Crippen molar-refractivity contribution in [1.29, 1.82) is 0 Å². The lowest BCUT2D eigenvalue weighted by atomic mass is 9.90. The molecular weight excluding hydrogens is 428 g/mol. The molecule has 0 atom stereocenters. The van der Waals surface area contributed by atoms with Crippen molar-refractivity contribution in [2.75, 3.05) is 37.1 Å². The van der Waals surface area contributed by atoms with Crippen molar-refractivity contribution in [3.05, 3.63) is 42.0 Å². The second kappa shape index (κ2) is 8.31. The Morgan fingerprint density at radius 3 is 2.67 bits per heavy atom. The molecule has 1 saturated carbocycles. The van der Waals surface area contributed by atoms with Gasteiger partial charge in [0.1, 0.15) is 18.8 Å². The largest absolute Gasteiger partial charge is 0.493 e. The zero-order valence-electron chi connectivity index (χ0n) is 18.2. The van der Waals surface area contributed by atoms with E-state index in [0.717, 1.165) is 12.8 Å². The van der Waals surface area contributed by atoms with Gasteiger partial charge in [0.15, 0.2) is 18.1 Å². The number of para-hydroxylation sites is 2. The Morgan fingerprint density at radius 2 is 1.88 bits per heavy atom. The molecule has 0 unspecified atom stereocenters. The topological polar surface area (TPSA) is 103 Å². The SMILES string of the molecule is COc1cc(C(=O)OCC(=O)N2c3ccccc3NC(=O)C23CCCC3)cc2c1OCCO2. The second-order valence-electron chi connectivity index (χ2n) is 8.22. The molecule has 2 aliphatic heterocycles. The van der Waals surface area contributed by atoms with Gasteiger partial charge in [-0.25, -0.2) is 4.79 Å². The molecule has 33 heavy (non-hydrogen) atoms. The number of rotatable bonds is 4. The van der Waals surface area contributed by atoms with Crippen LogP contribution in [-0.2, 0) is 14.3 Å². The van der Waals surface area contributed by atoms with Crippen molar-refractivity contribution in [2.24, 2.45) is 0 Å². The molecule has 0 radical (unpaired) electrons. The number of amides is 2. The molecule has 2 amide bonds. The number of methoxy groups -OCH3 is 1. The molecular formula is C24H24N2O7. The lowest BCUT2D eigenvalue weighted by Crippen LogP contribution is -2.61. The maximum Gasteiger partial charge on any atom is 0.338 e. The van der Waals surface area contributed by atoms with Gasteiger partial charge in [-0.15, -0.1) is 0 Å². The maximum absolute atomic E-state index is 13.4. The van der Waals surface area contributed by atoms with Crippen molar-refractivity contribution in [2.45, 2.75) is 31.2 Å². The summed E-state index contributed by atoms with van der Waals surface area (Å²) in [5, 5.41) is 2.93. The summed E-state index contributed by atoms with van der Waals surface area (Å²) >= 11 is 0. The van der Waals surface area contributed by atoms with Crippen LogP contribution in [0.4, 0.5) is 11.4 Å². The highest BCUT2D eigenvalue weighted by molar-refractivity contribution is 6.15. The van der Waals surface area contributed by atoms with Gasteiger partial charge in [-0.1, -0.05) is 25.0 Å². The van der Waals surface area contributed by atoms with Crippen LogP contribution < -0.4 is 24.4 Å². The highest BCUT2D eigenvalue weighted by Gasteiger charge is 2.52. The molecule has 3 aliphatic rings. The fourth-order valence-corrected chi connectivity index (χ4v) is 4.79. The smallest absolute Gasteiger partial charge is 0.338 e. The molecule has 1 N–H and O–H groups in total. The van der Waals surface area contributed by atoms with E-state index in [1.54, 1.807) is 18.2 Å². The Hall–Kier alpha value is -3.75. The van der Waals surface area contributed by atoms with Gasteiger partial charge in [-0.2, -0.15) is 0 Å². The number of benzene rings is 2. The van der Waals surface area contributed by atoms with Crippen molar-refractivity contribution in [3.63, 3.8) is 0 Å². The average molecular weight is 452 g/mol. The molecule has 2 aromatic carbocycles. The Bertz CT molecular complexity index is 1110. The van der Waals surface area contributed by atoms with Gasteiger partial charge in [-0.05, 0) is 37.1 Å². The van der Waals surface area contributed by atoms with E-state index in [9.17, 15) is 14.4 Å². The van der Waals surface area contributed by atoms with Crippen LogP contribution in [0.3, 0.4) is 0 Å². The molecule has 0 bridgehead atoms. The van der Waals surface area contributed by atoms with Crippen molar-refractivity contribution < 1.29 is 33.3 Å². The molecule has 2 heterocycles. The number of ether oxygens (including phenoxy) is 4. The van der Waals surface area contributed by atoms with Gasteiger partial charge in [-0.3, -0.25) is 14.5 Å². The monoisotopic (exact) mass is 452 g/mol. The van der Waals surface area contributed by atoms with Crippen molar-refractivity contribution in [1.82, 2.24) is 0 Å². The minimum atomic E-state index is -0.960. The number of anilines is 2. The lowest BCUT2D eigenvalue weighted by molar-refractivity contribution is -0.129. The van der Waals surface area contributed by atoms with Gasteiger partial charge in [0.2, 0.25) is 5.75 Å². The summed E-state index contributed by atoms with van der Waals surface area (Å²) in [4.78, 5) is 40.7. The lowest BCUT2D eigenvalue weighted by Gasteiger charge is -2.44.